The number of aliphatic carboxylic acids is 1. The second kappa shape index (κ2) is 8.54. The quantitative estimate of drug-likeness (QED) is 0.457. The minimum atomic E-state index is -3.63. The Bertz CT molecular complexity index is 1440. The predicted octanol–water partition coefficient (Wildman–Crippen LogP) is 5.86. The molecular formula is C26H31ClN2O5S. The lowest BCUT2D eigenvalue weighted by Crippen LogP contribution is -2.39. The first-order valence-electron chi connectivity index (χ1n) is 11.4. The van der Waals surface area contributed by atoms with Crippen molar-refractivity contribution in [2.24, 2.45) is 0 Å². The van der Waals surface area contributed by atoms with Crippen LogP contribution in [0.4, 0.5) is 5.69 Å². The summed E-state index contributed by atoms with van der Waals surface area (Å²) in [6, 6.07) is 9.13. The second-order valence-electron chi connectivity index (χ2n) is 10.3. The van der Waals surface area contributed by atoms with E-state index >= 15 is 0 Å². The zero-order valence-electron chi connectivity index (χ0n) is 21.0. The summed E-state index contributed by atoms with van der Waals surface area (Å²) in [5.41, 5.74) is 3.99. The summed E-state index contributed by atoms with van der Waals surface area (Å²) < 4.78 is 35.5. The van der Waals surface area contributed by atoms with Gasteiger partial charge in [-0.3, -0.25) is 4.31 Å². The minimum Gasteiger partial charge on any atom is -0.479 e. The van der Waals surface area contributed by atoms with Crippen LogP contribution in [-0.4, -0.2) is 42.5 Å². The summed E-state index contributed by atoms with van der Waals surface area (Å²) in [7, 11) is -3.63. The predicted molar refractivity (Wildman–Crippen MR) is 140 cm³/mol. The topological polar surface area (TPSA) is 88.8 Å². The Kier molecular flexibility index (Phi) is 6.23. The standard InChI is InChI=1S/C26H31ClN2O5S/c1-14-12-19-21(17-8-10-18(27)11-9-17)20(24(25(30)31)34-26(4,5)6)16(3)22-23(19)29(14)15(2)13-28(22)35(7,32)33/h8-12,15,24H,13H2,1-7H3,(H,30,31)/t15?,24-/m0/s1. The highest BCUT2D eigenvalue weighted by Gasteiger charge is 2.39. The molecule has 9 heteroatoms. The molecule has 0 saturated heterocycles. The molecule has 3 aromatic rings. The average molecular weight is 519 g/mol. The SMILES string of the molecule is Cc1c([C@H](OC(C)(C)C)C(=O)O)c(-c2ccc(Cl)cc2)c2cc(C)n3c2c1N(S(C)(=O)=O)CC3C. The molecular weight excluding hydrogens is 488 g/mol. The largest absolute Gasteiger partial charge is 0.479 e. The van der Waals surface area contributed by atoms with Crippen LogP contribution < -0.4 is 4.31 Å². The third-order valence-corrected chi connectivity index (χ3v) is 7.75. The smallest absolute Gasteiger partial charge is 0.337 e. The summed E-state index contributed by atoms with van der Waals surface area (Å²) in [6.45, 7) is 11.4. The molecule has 0 radical (unpaired) electrons. The molecule has 2 aromatic carbocycles. The molecule has 35 heavy (non-hydrogen) atoms. The van der Waals surface area contributed by atoms with Crippen molar-refractivity contribution < 1.29 is 23.1 Å². The highest BCUT2D eigenvalue weighted by molar-refractivity contribution is 7.92. The molecule has 0 bridgehead atoms. The molecule has 0 saturated carbocycles. The maximum atomic E-state index is 12.9. The number of halogens is 1. The number of anilines is 1. The molecule has 7 nitrogen and oxygen atoms in total. The maximum Gasteiger partial charge on any atom is 0.337 e. The van der Waals surface area contributed by atoms with Crippen molar-refractivity contribution in [1.82, 2.24) is 4.57 Å². The number of sulfonamides is 1. The first-order valence-corrected chi connectivity index (χ1v) is 13.7. The molecule has 0 aliphatic carbocycles. The molecule has 4 rings (SSSR count). The number of ether oxygens (including phenoxy) is 1. The summed E-state index contributed by atoms with van der Waals surface area (Å²) >= 11 is 6.17. The normalized spacial score (nSPS) is 17.1. The molecule has 1 aliphatic rings. The van der Waals surface area contributed by atoms with Gasteiger partial charge in [-0.05, 0) is 76.4 Å². The number of hydrogen-bond donors (Lipinski definition) is 1. The second-order valence-corrected chi connectivity index (χ2v) is 12.6. The van der Waals surface area contributed by atoms with Gasteiger partial charge in [0.15, 0.2) is 6.10 Å². The Morgan fingerprint density at radius 1 is 1.20 bits per heavy atom. The monoisotopic (exact) mass is 518 g/mol. The first kappa shape index (κ1) is 25.5. The lowest BCUT2D eigenvalue weighted by atomic mass is 9.87. The number of carboxylic acids is 1. The van der Waals surface area contributed by atoms with Gasteiger partial charge in [-0.1, -0.05) is 23.7 Å². The van der Waals surface area contributed by atoms with Crippen LogP contribution in [0.1, 0.15) is 56.7 Å². The highest BCUT2D eigenvalue weighted by Crippen LogP contribution is 2.49. The Balaban J connectivity index is 2.24. The first-order chi connectivity index (χ1) is 16.1. The van der Waals surface area contributed by atoms with E-state index in [0.717, 1.165) is 22.2 Å². The molecule has 1 aliphatic heterocycles. The van der Waals surface area contributed by atoms with E-state index < -0.39 is 27.7 Å². The van der Waals surface area contributed by atoms with Gasteiger partial charge in [0, 0.05) is 27.7 Å². The molecule has 0 amide bonds. The molecule has 1 aromatic heterocycles. The van der Waals surface area contributed by atoms with Crippen molar-refractivity contribution in [3.05, 3.63) is 52.2 Å². The van der Waals surface area contributed by atoms with Gasteiger partial charge in [0.2, 0.25) is 10.0 Å². The third kappa shape index (κ3) is 4.43. The van der Waals surface area contributed by atoms with E-state index in [2.05, 4.69) is 4.57 Å². The molecule has 188 valence electrons. The number of nitrogens with zero attached hydrogens (tertiary/aromatic N) is 2. The average Bonchev–Trinajstić information content (AvgIpc) is 3.06. The zero-order chi connectivity index (χ0) is 26.0. The van der Waals surface area contributed by atoms with Gasteiger partial charge in [-0.15, -0.1) is 0 Å². The lowest BCUT2D eigenvalue weighted by Gasteiger charge is -2.37. The van der Waals surface area contributed by atoms with Crippen molar-refractivity contribution in [3.63, 3.8) is 0 Å². The van der Waals surface area contributed by atoms with E-state index in [1.807, 2.05) is 32.0 Å². The van der Waals surface area contributed by atoms with Crippen molar-refractivity contribution in [2.75, 3.05) is 17.1 Å². The lowest BCUT2D eigenvalue weighted by molar-refractivity contribution is -0.160. The van der Waals surface area contributed by atoms with E-state index in [9.17, 15) is 18.3 Å². The fourth-order valence-electron chi connectivity index (χ4n) is 5.15. The third-order valence-electron chi connectivity index (χ3n) is 6.36. The van der Waals surface area contributed by atoms with Crippen LogP contribution in [0, 0.1) is 13.8 Å². The number of aryl methyl sites for hydroxylation is 1. The number of benzene rings is 2. The Morgan fingerprint density at radius 3 is 2.31 bits per heavy atom. The van der Waals surface area contributed by atoms with E-state index in [-0.39, 0.29) is 12.6 Å². The van der Waals surface area contributed by atoms with Crippen LogP contribution in [0.2, 0.25) is 5.02 Å². The van der Waals surface area contributed by atoms with Gasteiger partial charge in [-0.25, -0.2) is 13.2 Å². The van der Waals surface area contributed by atoms with Crippen LogP contribution in [0.25, 0.3) is 22.0 Å². The van der Waals surface area contributed by atoms with E-state index in [1.54, 1.807) is 39.8 Å². The molecule has 1 N–H and O–H groups in total. The number of rotatable bonds is 5. The van der Waals surface area contributed by atoms with Crippen molar-refractivity contribution in [2.45, 2.75) is 59.3 Å². The summed E-state index contributed by atoms with van der Waals surface area (Å²) in [5, 5.41) is 11.7. The van der Waals surface area contributed by atoms with Crippen LogP contribution in [0.5, 0.6) is 0 Å². The summed E-state index contributed by atoms with van der Waals surface area (Å²) in [6.07, 6.45) is -0.130. The molecule has 2 atom stereocenters. The molecule has 0 spiro atoms. The maximum absolute atomic E-state index is 12.9. The summed E-state index contributed by atoms with van der Waals surface area (Å²) in [4.78, 5) is 12.6. The van der Waals surface area contributed by atoms with Gasteiger partial charge in [0.05, 0.1) is 29.6 Å². The van der Waals surface area contributed by atoms with E-state index in [4.69, 9.17) is 16.3 Å². The molecule has 2 heterocycles. The fourth-order valence-corrected chi connectivity index (χ4v) is 6.32. The molecule has 0 fully saturated rings. The van der Waals surface area contributed by atoms with E-state index in [1.165, 1.54) is 10.6 Å². The highest BCUT2D eigenvalue weighted by atomic mass is 35.5. The van der Waals surface area contributed by atoms with Crippen LogP contribution in [0.3, 0.4) is 0 Å². The Morgan fingerprint density at radius 2 is 1.80 bits per heavy atom. The zero-order valence-corrected chi connectivity index (χ0v) is 22.6. The summed E-state index contributed by atoms with van der Waals surface area (Å²) in [5.74, 6) is -1.14. The Hall–Kier alpha value is -2.55. The Labute approximate surface area is 211 Å². The van der Waals surface area contributed by atoms with Crippen molar-refractivity contribution in [3.8, 4) is 11.1 Å². The van der Waals surface area contributed by atoms with Crippen LogP contribution >= 0.6 is 11.6 Å². The van der Waals surface area contributed by atoms with Gasteiger partial charge < -0.3 is 14.4 Å². The van der Waals surface area contributed by atoms with Gasteiger partial charge in [-0.2, -0.15) is 0 Å². The van der Waals surface area contributed by atoms with Gasteiger partial charge in [0.1, 0.15) is 0 Å². The minimum absolute atomic E-state index is 0.0980. The van der Waals surface area contributed by atoms with Gasteiger partial charge >= 0.3 is 5.97 Å². The number of hydrogen-bond acceptors (Lipinski definition) is 4. The van der Waals surface area contributed by atoms with E-state index in [0.29, 0.717) is 27.4 Å². The van der Waals surface area contributed by atoms with Crippen molar-refractivity contribution in [1.29, 1.82) is 0 Å². The van der Waals surface area contributed by atoms with Gasteiger partial charge in [0.25, 0.3) is 0 Å². The molecule has 1 unspecified atom stereocenters. The van der Waals surface area contributed by atoms with Crippen molar-refractivity contribution >= 4 is 44.2 Å². The van der Waals surface area contributed by atoms with Crippen LogP contribution in [0.15, 0.2) is 30.3 Å². The number of carboxylic acid groups (broad SMARTS) is 1. The van der Waals surface area contributed by atoms with Crippen LogP contribution in [-0.2, 0) is 19.6 Å². The fraction of sp³-hybridized carbons (Fsp3) is 0.423. The number of carbonyl (C=O) groups is 1. The number of aromatic nitrogens is 1.